The molecule has 4 aromatic rings. The van der Waals surface area contributed by atoms with Crippen LogP contribution in [-0.2, 0) is 13.0 Å². The number of nitrogens with zero attached hydrogens (tertiary/aromatic N) is 3. The van der Waals surface area contributed by atoms with Crippen LogP contribution in [0.3, 0.4) is 0 Å². The van der Waals surface area contributed by atoms with Gasteiger partial charge in [0.05, 0.1) is 22.3 Å². The Balaban J connectivity index is 1.63. The van der Waals surface area contributed by atoms with Crippen LogP contribution >= 0.6 is 11.3 Å². The number of fused-ring (bicyclic) bond motifs is 2. The van der Waals surface area contributed by atoms with Gasteiger partial charge in [-0.2, -0.15) is 0 Å². The van der Waals surface area contributed by atoms with Crippen molar-refractivity contribution in [3.63, 3.8) is 0 Å². The van der Waals surface area contributed by atoms with Crippen LogP contribution in [-0.4, -0.2) is 27.5 Å². The van der Waals surface area contributed by atoms with Crippen molar-refractivity contribution in [2.75, 3.05) is 6.54 Å². The molecule has 1 aliphatic heterocycles. The number of amides is 1. The van der Waals surface area contributed by atoms with Gasteiger partial charge in [0.15, 0.2) is 0 Å². The minimum absolute atomic E-state index is 0.117. The zero-order chi connectivity index (χ0) is 19.3. The molecule has 28 heavy (non-hydrogen) atoms. The normalized spacial score (nSPS) is 13.7. The average molecular weight is 393 g/mol. The topological polar surface area (TPSA) is 59.2 Å². The van der Waals surface area contributed by atoms with Crippen molar-refractivity contribution in [3.8, 4) is 11.3 Å². The Hall–Kier alpha value is -3.06. The molecular weight excluding hydrogens is 377 g/mol. The lowest BCUT2D eigenvalue weighted by atomic mass is 10.0. The number of hydrogen-bond donors (Lipinski definition) is 0. The molecule has 4 heterocycles. The van der Waals surface area contributed by atoms with E-state index in [1.807, 2.05) is 4.90 Å². The quantitative estimate of drug-likeness (QED) is 0.500. The Labute approximate surface area is 164 Å². The highest BCUT2D eigenvalue weighted by Crippen LogP contribution is 2.31. The summed E-state index contributed by atoms with van der Waals surface area (Å²) in [4.78, 5) is 21.0. The average Bonchev–Trinajstić information content (AvgIpc) is 3.33. The molecule has 0 saturated carbocycles. The van der Waals surface area contributed by atoms with Gasteiger partial charge in [-0.1, -0.05) is 17.3 Å². The summed E-state index contributed by atoms with van der Waals surface area (Å²) in [6.45, 7) is 3.00. The van der Waals surface area contributed by atoms with E-state index in [0.717, 1.165) is 6.42 Å². The molecule has 1 aromatic carbocycles. The van der Waals surface area contributed by atoms with Crippen LogP contribution in [0.25, 0.3) is 22.4 Å². The molecule has 0 N–H and O–H groups in total. The van der Waals surface area contributed by atoms with Gasteiger partial charge in [0, 0.05) is 23.5 Å². The van der Waals surface area contributed by atoms with E-state index in [0.29, 0.717) is 41.0 Å². The summed E-state index contributed by atoms with van der Waals surface area (Å²) < 4.78 is 19.6. The second-order valence-corrected chi connectivity index (χ2v) is 7.83. The first kappa shape index (κ1) is 17.1. The first-order chi connectivity index (χ1) is 13.6. The smallest absolute Gasteiger partial charge is 0.259 e. The maximum Gasteiger partial charge on any atom is 0.259 e. The second kappa shape index (κ2) is 6.53. The van der Waals surface area contributed by atoms with Gasteiger partial charge in [-0.25, -0.2) is 9.37 Å². The summed E-state index contributed by atoms with van der Waals surface area (Å²) in [6.07, 6.45) is 0.843. The molecule has 3 aromatic heterocycles. The predicted molar refractivity (Wildman–Crippen MR) is 105 cm³/mol. The van der Waals surface area contributed by atoms with Gasteiger partial charge in [0.25, 0.3) is 11.6 Å². The number of halogens is 1. The fourth-order valence-corrected chi connectivity index (χ4v) is 4.55. The highest BCUT2D eigenvalue weighted by atomic mass is 32.1. The van der Waals surface area contributed by atoms with Crippen molar-refractivity contribution in [1.82, 2.24) is 15.0 Å². The Morgan fingerprint density at radius 1 is 1.29 bits per heavy atom. The van der Waals surface area contributed by atoms with E-state index in [4.69, 9.17) is 4.52 Å². The molecule has 140 valence electrons. The number of aromatic nitrogens is 2. The number of rotatable bonds is 2. The SMILES string of the molecule is Cc1noc2nc(-c3ccccc3F)cc(C(=O)N3CCc4sccc4C3)c12. The maximum atomic E-state index is 14.3. The third-order valence-corrected chi connectivity index (χ3v) is 6.12. The largest absolute Gasteiger partial charge is 0.335 e. The summed E-state index contributed by atoms with van der Waals surface area (Å²) in [7, 11) is 0. The number of pyridine rings is 1. The van der Waals surface area contributed by atoms with Crippen LogP contribution < -0.4 is 0 Å². The summed E-state index contributed by atoms with van der Waals surface area (Å²) >= 11 is 1.73. The van der Waals surface area contributed by atoms with Crippen LogP contribution in [0.5, 0.6) is 0 Å². The van der Waals surface area contributed by atoms with Crippen LogP contribution in [0.4, 0.5) is 4.39 Å². The molecule has 1 amide bonds. The second-order valence-electron chi connectivity index (χ2n) is 6.83. The summed E-state index contributed by atoms with van der Waals surface area (Å²) in [6, 6.07) is 10.1. The molecule has 0 aliphatic carbocycles. The third kappa shape index (κ3) is 2.70. The van der Waals surface area contributed by atoms with Crippen molar-refractivity contribution in [2.24, 2.45) is 0 Å². The zero-order valence-corrected chi connectivity index (χ0v) is 15.9. The van der Waals surface area contributed by atoms with Crippen molar-refractivity contribution < 1.29 is 13.7 Å². The molecule has 0 radical (unpaired) electrons. The molecule has 1 aliphatic rings. The third-order valence-electron chi connectivity index (χ3n) is 5.09. The number of hydrogen-bond acceptors (Lipinski definition) is 5. The van der Waals surface area contributed by atoms with Gasteiger partial charge < -0.3 is 9.42 Å². The van der Waals surface area contributed by atoms with Crippen molar-refractivity contribution in [3.05, 3.63) is 69.3 Å². The van der Waals surface area contributed by atoms with Gasteiger partial charge in [-0.3, -0.25) is 4.79 Å². The minimum atomic E-state index is -0.398. The first-order valence-electron chi connectivity index (χ1n) is 8.98. The van der Waals surface area contributed by atoms with Gasteiger partial charge in [0.2, 0.25) is 0 Å². The Bertz CT molecular complexity index is 1210. The fourth-order valence-electron chi connectivity index (χ4n) is 3.66. The number of carbonyl (C=O) groups is 1. The van der Waals surface area contributed by atoms with Crippen LogP contribution in [0, 0.1) is 12.7 Å². The molecule has 0 saturated heterocycles. The Morgan fingerprint density at radius 3 is 3.00 bits per heavy atom. The molecule has 0 spiro atoms. The zero-order valence-electron chi connectivity index (χ0n) is 15.1. The number of carbonyl (C=O) groups excluding carboxylic acids is 1. The van der Waals surface area contributed by atoms with Crippen LogP contribution in [0.1, 0.15) is 26.5 Å². The van der Waals surface area contributed by atoms with Crippen molar-refractivity contribution in [2.45, 2.75) is 19.9 Å². The van der Waals surface area contributed by atoms with Crippen molar-refractivity contribution in [1.29, 1.82) is 0 Å². The molecule has 0 unspecified atom stereocenters. The van der Waals surface area contributed by atoms with Crippen molar-refractivity contribution >= 4 is 28.3 Å². The first-order valence-corrected chi connectivity index (χ1v) is 9.86. The molecule has 0 fully saturated rings. The standard InChI is InChI=1S/C21H16FN3O2S/c1-12-19-15(21(26)25-8-6-18-13(11-25)7-9-28-18)10-17(23-20(19)27-24-12)14-4-2-3-5-16(14)22/h2-5,7,9-10H,6,8,11H2,1H3. The minimum Gasteiger partial charge on any atom is -0.335 e. The lowest BCUT2D eigenvalue weighted by Crippen LogP contribution is -2.35. The maximum absolute atomic E-state index is 14.3. The molecule has 5 nitrogen and oxygen atoms in total. The summed E-state index contributed by atoms with van der Waals surface area (Å²) in [5.41, 5.74) is 3.16. The highest BCUT2D eigenvalue weighted by molar-refractivity contribution is 7.10. The van der Waals surface area contributed by atoms with E-state index in [9.17, 15) is 9.18 Å². The molecule has 7 heteroatoms. The van der Waals surface area contributed by atoms with E-state index >= 15 is 0 Å². The van der Waals surface area contributed by atoms with Gasteiger partial charge in [0.1, 0.15) is 5.82 Å². The van der Waals surface area contributed by atoms with Gasteiger partial charge in [-0.05, 0) is 48.6 Å². The van der Waals surface area contributed by atoms with Gasteiger partial charge >= 0.3 is 0 Å². The van der Waals surface area contributed by atoms with E-state index in [1.54, 1.807) is 42.5 Å². The summed E-state index contributed by atoms with van der Waals surface area (Å²) in [5, 5.41) is 6.61. The molecule has 5 rings (SSSR count). The van der Waals surface area contributed by atoms with E-state index in [-0.39, 0.29) is 11.6 Å². The van der Waals surface area contributed by atoms with Gasteiger partial charge in [-0.15, -0.1) is 11.3 Å². The monoisotopic (exact) mass is 393 g/mol. The van der Waals surface area contributed by atoms with E-state index in [2.05, 4.69) is 21.6 Å². The highest BCUT2D eigenvalue weighted by Gasteiger charge is 2.27. The fraction of sp³-hybridized carbons (Fsp3) is 0.190. The number of thiophene rings is 1. The lowest BCUT2D eigenvalue weighted by Gasteiger charge is -2.27. The predicted octanol–water partition coefficient (Wildman–Crippen LogP) is 4.60. The van der Waals surface area contributed by atoms with Crippen LogP contribution in [0.2, 0.25) is 0 Å². The molecular formula is C21H16FN3O2S. The van der Waals surface area contributed by atoms with E-state index in [1.165, 1.54) is 16.5 Å². The number of aryl methyl sites for hydroxylation is 1. The summed E-state index contributed by atoms with van der Waals surface area (Å²) in [5.74, 6) is -0.516. The lowest BCUT2D eigenvalue weighted by molar-refractivity contribution is 0.0737. The molecule has 0 bridgehead atoms. The Kier molecular flexibility index (Phi) is 3.98. The Morgan fingerprint density at radius 2 is 2.14 bits per heavy atom. The number of benzene rings is 1. The van der Waals surface area contributed by atoms with E-state index < -0.39 is 5.82 Å². The van der Waals surface area contributed by atoms with Crippen LogP contribution in [0.15, 0.2) is 46.3 Å². The molecule has 0 atom stereocenters.